The van der Waals surface area contributed by atoms with Crippen molar-refractivity contribution in [3.8, 4) is 0 Å². The highest BCUT2D eigenvalue weighted by Gasteiger charge is 2.06. The predicted octanol–water partition coefficient (Wildman–Crippen LogP) is 2.35. The van der Waals surface area contributed by atoms with Crippen LogP contribution in [0.5, 0.6) is 0 Å². The minimum Gasteiger partial charge on any atom is -0.307 e. The van der Waals surface area contributed by atoms with Gasteiger partial charge in [0.15, 0.2) is 11.6 Å². The number of halogens is 2. The van der Waals surface area contributed by atoms with E-state index in [1.54, 1.807) is 18.5 Å². The molecule has 1 aromatic carbocycles. The second kappa shape index (κ2) is 5.64. The molecule has 0 amide bonds. The maximum absolute atomic E-state index is 13.3. The van der Waals surface area contributed by atoms with E-state index in [1.807, 2.05) is 6.92 Å². The lowest BCUT2D eigenvalue weighted by atomic mass is 10.2. The Balaban J connectivity index is 1.92. The van der Waals surface area contributed by atoms with Crippen LogP contribution in [-0.2, 0) is 13.1 Å². The topological polar surface area (TPSA) is 37.8 Å². The SMILES string of the molecule is Cc1cnc(CNCc2cccc(F)c2F)cn1. The third-order valence-electron chi connectivity index (χ3n) is 2.49. The first-order valence-corrected chi connectivity index (χ1v) is 5.58. The highest BCUT2D eigenvalue weighted by atomic mass is 19.2. The smallest absolute Gasteiger partial charge is 0.163 e. The van der Waals surface area contributed by atoms with Crippen molar-refractivity contribution >= 4 is 0 Å². The molecular formula is C13H13F2N3. The summed E-state index contributed by atoms with van der Waals surface area (Å²) in [4.78, 5) is 8.26. The number of rotatable bonds is 4. The molecule has 0 spiro atoms. The molecule has 0 bridgehead atoms. The number of benzene rings is 1. The number of nitrogens with zero attached hydrogens (tertiary/aromatic N) is 2. The number of aromatic nitrogens is 2. The summed E-state index contributed by atoms with van der Waals surface area (Å²) < 4.78 is 26.3. The quantitative estimate of drug-likeness (QED) is 0.903. The molecule has 0 saturated carbocycles. The molecule has 0 radical (unpaired) electrons. The van der Waals surface area contributed by atoms with Crippen LogP contribution < -0.4 is 5.32 Å². The molecule has 0 unspecified atom stereocenters. The molecule has 2 aromatic rings. The van der Waals surface area contributed by atoms with Gasteiger partial charge in [0.1, 0.15) is 0 Å². The molecule has 0 saturated heterocycles. The maximum atomic E-state index is 13.3. The average molecular weight is 249 g/mol. The van der Waals surface area contributed by atoms with Gasteiger partial charge in [-0.05, 0) is 13.0 Å². The fraction of sp³-hybridized carbons (Fsp3) is 0.231. The fourth-order valence-electron chi connectivity index (χ4n) is 1.52. The molecule has 0 aliphatic heterocycles. The van der Waals surface area contributed by atoms with Crippen LogP contribution in [0.25, 0.3) is 0 Å². The summed E-state index contributed by atoms with van der Waals surface area (Å²) in [6.07, 6.45) is 3.32. The normalized spacial score (nSPS) is 10.6. The van der Waals surface area contributed by atoms with Crippen LogP contribution in [-0.4, -0.2) is 9.97 Å². The van der Waals surface area contributed by atoms with Gasteiger partial charge in [-0.25, -0.2) is 8.78 Å². The Bertz CT molecular complexity index is 526. The van der Waals surface area contributed by atoms with Gasteiger partial charge in [-0.1, -0.05) is 12.1 Å². The molecule has 0 aliphatic rings. The summed E-state index contributed by atoms with van der Waals surface area (Å²) in [5.74, 6) is -1.63. The van der Waals surface area contributed by atoms with Crippen molar-refractivity contribution in [1.29, 1.82) is 0 Å². The van der Waals surface area contributed by atoms with E-state index in [0.717, 1.165) is 17.5 Å². The molecule has 2 rings (SSSR count). The van der Waals surface area contributed by atoms with E-state index in [2.05, 4.69) is 15.3 Å². The Hall–Kier alpha value is -1.88. The fourth-order valence-corrected chi connectivity index (χ4v) is 1.52. The lowest BCUT2D eigenvalue weighted by Crippen LogP contribution is -2.15. The van der Waals surface area contributed by atoms with Gasteiger partial charge in [-0.3, -0.25) is 9.97 Å². The van der Waals surface area contributed by atoms with Crippen LogP contribution in [0, 0.1) is 18.6 Å². The zero-order valence-electron chi connectivity index (χ0n) is 9.95. The van der Waals surface area contributed by atoms with Crippen molar-refractivity contribution in [2.45, 2.75) is 20.0 Å². The van der Waals surface area contributed by atoms with Gasteiger partial charge in [0.2, 0.25) is 0 Å². The molecule has 1 N–H and O–H groups in total. The van der Waals surface area contributed by atoms with E-state index in [-0.39, 0.29) is 6.54 Å². The molecule has 18 heavy (non-hydrogen) atoms. The monoisotopic (exact) mass is 249 g/mol. The zero-order chi connectivity index (χ0) is 13.0. The van der Waals surface area contributed by atoms with E-state index < -0.39 is 11.6 Å². The van der Waals surface area contributed by atoms with Crippen molar-refractivity contribution in [2.75, 3.05) is 0 Å². The van der Waals surface area contributed by atoms with Gasteiger partial charge in [-0.15, -0.1) is 0 Å². The summed E-state index contributed by atoms with van der Waals surface area (Å²) in [5.41, 5.74) is 1.91. The summed E-state index contributed by atoms with van der Waals surface area (Å²) >= 11 is 0. The van der Waals surface area contributed by atoms with Crippen LogP contribution >= 0.6 is 0 Å². The molecule has 1 heterocycles. The summed E-state index contributed by atoms with van der Waals surface area (Å²) in [7, 11) is 0. The number of hydrogen-bond acceptors (Lipinski definition) is 3. The van der Waals surface area contributed by atoms with Crippen LogP contribution in [0.2, 0.25) is 0 Å². The van der Waals surface area contributed by atoms with Gasteiger partial charge in [0, 0.05) is 31.0 Å². The van der Waals surface area contributed by atoms with E-state index in [1.165, 1.54) is 6.07 Å². The summed E-state index contributed by atoms with van der Waals surface area (Å²) in [6.45, 7) is 2.56. The highest BCUT2D eigenvalue weighted by molar-refractivity contribution is 5.18. The number of hydrogen-bond donors (Lipinski definition) is 1. The number of nitrogens with one attached hydrogen (secondary N) is 1. The van der Waals surface area contributed by atoms with Gasteiger partial charge < -0.3 is 5.32 Å². The number of aryl methyl sites for hydroxylation is 1. The lowest BCUT2D eigenvalue weighted by Gasteiger charge is -2.06. The third kappa shape index (κ3) is 3.07. The van der Waals surface area contributed by atoms with Gasteiger partial charge >= 0.3 is 0 Å². The molecule has 94 valence electrons. The summed E-state index contributed by atoms with van der Waals surface area (Å²) in [5, 5.41) is 3.00. The van der Waals surface area contributed by atoms with Crippen LogP contribution in [0.4, 0.5) is 8.78 Å². The van der Waals surface area contributed by atoms with Crippen LogP contribution in [0.15, 0.2) is 30.6 Å². The van der Waals surface area contributed by atoms with Crippen molar-refractivity contribution in [1.82, 2.24) is 15.3 Å². The van der Waals surface area contributed by atoms with Crippen molar-refractivity contribution in [3.63, 3.8) is 0 Å². The van der Waals surface area contributed by atoms with Crippen LogP contribution in [0.3, 0.4) is 0 Å². The minimum absolute atomic E-state index is 0.249. The first kappa shape index (κ1) is 12.6. The van der Waals surface area contributed by atoms with E-state index in [9.17, 15) is 8.78 Å². The van der Waals surface area contributed by atoms with Gasteiger partial charge in [-0.2, -0.15) is 0 Å². The maximum Gasteiger partial charge on any atom is 0.163 e. The minimum atomic E-state index is -0.829. The second-order valence-electron chi connectivity index (χ2n) is 3.97. The van der Waals surface area contributed by atoms with Crippen molar-refractivity contribution < 1.29 is 8.78 Å². The first-order chi connectivity index (χ1) is 8.66. The van der Waals surface area contributed by atoms with Gasteiger partial charge in [0.05, 0.1) is 11.4 Å². The van der Waals surface area contributed by atoms with Crippen molar-refractivity contribution in [2.24, 2.45) is 0 Å². The molecule has 5 heteroatoms. The summed E-state index contributed by atoms with van der Waals surface area (Å²) in [6, 6.07) is 4.14. The van der Waals surface area contributed by atoms with Crippen molar-refractivity contribution in [3.05, 3.63) is 59.2 Å². The van der Waals surface area contributed by atoms with E-state index in [0.29, 0.717) is 12.1 Å². The van der Waals surface area contributed by atoms with E-state index >= 15 is 0 Å². The molecule has 3 nitrogen and oxygen atoms in total. The third-order valence-corrected chi connectivity index (χ3v) is 2.49. The average Bonchev–Trinajstić information content (AvgIpc) is 2.37. The first-order valence-electron chi connectivity index (χ1n) is 5.58. The molecule has 0 aliphatic carbocycles. The molecular weight excluding hydrogens is 236 g/mol. The Kier molecular flexibility index (Phi) is 3.94. The second-order valence-corrected chi connectivity index (χ2v) is 3.97. The highest BCUT2D eigenvalue weighted by Crippen LogP contribution is 2.10. The molecule has 1 aromatic heterocycles. The Morgan fingerprint density at radius 2 is 1.94 bits per heavy atom. The molecule has 0 fully saturated rings. The Morgan fingerprint density at radius 1 is 1.11 bits per heavy atom. The molecule has 0 atom stereocenters. The zero-order valence-corrected chi connectivity index (χ0v) is 9.95. The Labute approximate surface area is 104 Å². The predicted molar refractivity (Wildman–Crippen MR) is 63.7 cm³/mol. The van der Waals surface area contributed by atoms with E-state index in [4.69, 9.17) is 0 Å². The largest absolute Gasteiger partial charge is 0.307 e. The van der Waals surface area contributed by atoms with Crippen LogP contribution in [0.1, 0.15) is 17.0 Å². The standard InChI is InChI=1S/C13H13F2N3/c1-9-5-18-11(8-17-9)7-16-6-10-3-2-4-12(14)13(10)15/h2-5,8,16H,6-7H2,1H3. The Morgan fingerprint density at radius 3 is 2.67 bits per heavy atom. The lowest BCUT2D eigenvalue weighted by molar-refractivity contribution is 0.492. The van der Waals surface area contributed by atoms with Gasteiger partial charge in [0.25, 0.3) is 0 Å².